The lowest BCUT2D eigenvalue weighted by Gasteiger charge is -2.17. The number of anilines is 3. The fourth-order valence-electron chi connectivity index (χ4n) is 2.32. The van der Waals surface area contributed by atoms with Gasteiger partial charge in [0, 0.05) is 18.3 Å². The van der Waals surface area contributed by atoms with Crippen LogP contribution in [0.2, 0.25) is 0 Å². The summed E-state index contributed by atoms with van der Waals surface area (Å²) in [6.07, 6.45) is 2.69. The molecule has 0 saturated heterocycles. The first-order chi connectivity index (χ1) is 9.24. The Morgan fingerprint density at radius 2 is 2.11 bits per heavy atom. The van der Waals surface area contributed by atoms with Gasteiger partial charge in [-0.15, -0.1) is 5.10 Å². The molecule has 98 valence electrons. The Morgan fingerprint density at radius 3 is 2.95 bits per heavy atom. The monoisotopic (exact) mass is 255 g/mol. The molecule has 1 N–H and O–H groups in total. The molecule has 0 fully saturated rings. The van der Waals surface area contributed by atoms with Crippen LogP contribution in [0.1, 0.15) is 19.4 Å². The number of para-hydroxylation sites is 1. The molecule has 3 rings (SSSR count). The maximum atomic E-state index is 4.53. The molecule has 0 radical (unpaired) electrons. The van der Waals surface area contributed by atoms with E-state index in [1.807, 2.05) is 6.07 Å². The average molecular weight is 255 g/mol. The number of nitrogens with one attached hydrogen (secondary N) is 1. The zero-order chi connectivity index (χ0) is 13.2. The van der Waals surface area contributed by atoms with Crippen LogP contribution in [0.4, 0.5) is 17.5 Å². The van der Waals surface area contributed by atoms with Crippen molar-refractivity contribution in [3.05, 3.63) is 36.0 Å². The Bertz CT molecular complexity index is 582. The molecular weight excluding hydrogens is 238 g/mol. The van der Waals surface area contributed by atoms with Gasteiger partial charge in [-0.3, -0.25) is 0 Å². The minimum Gasteiger partial charge on any atom is -0.366 e. The van der Waals surface area contributed by atoms with E-state index in [1.54, 1.807) is 6.20 Å². The Balaban J connectivity index is 1.91. The van der Waals surface area contributed by atoms with Crippen molar-refractivity contribution in [3.8, 4) is 0 Å². The summed E-state index contributed by atoms with van der Waals surface area (Å²) in [7, 11) is 0. The Kier molecular flexibility index (Phi) is 3.03. The van der Waals surface area contributed by atoms with Gasteiger partial charge in [-0.1, -0.05) is 18.2 Å². The van der Waals surface area contributed by atoms with Crippen molar-refractivity contribution >= 4 is 17.5 Å². The highest BCUT2D eigenvalue weighted by Gasteiger charge is 2.22. The lowest BCUT2D eigenvalue weighted by atomic mass is 10.2. The number of hydrogen-bond acceptors (Lipinski definition) is 5. The van der Waals surface area contributed by atoms with Crippen LogP contribution in [-0.4, -0.2) is 27.8 Å². The zero-order valence-electron chi connectivity index (χ0n) is 11.2. The molecular formula is C14H17N5. The summed E-state index contributed by atoms with van der Waals surface area (Å²) in [6, 6.07) is 8.70. The molecule has 1 aliphatic rings. The predicted molar refractivity (Wildman–Crippen MR) is 75.7 cm³/mol. The minimum atomic E-state index is 0.329. The number of aromatic nitrogens is 3. The normalized spacial score (nSPS) is 13.7. The third-order valence-electron chi connectivity index (χ3n) is 3.11. The summed E-state index contributed by atoms with van der Waals surface area (Å²) >= 11 is 0. The third kappa shape index (κ3) is 2.36. The van der Waals surface area contributed by atoms with Gasteiger partial charge in [-0.05, 0) is 31.9 Å². The zero-order valence-corrected chi connectivity index (χ0v) is 11.2. The second kappa shape index (κ2) is 4.84. The number of rotatable bonds is 3. The predicted octanol–water partition coefficient (Wildman–Crippen LogP) is 2.39. The highest BCUT2D eigenvalue weighted by Crippen LogP contribution is 2.32. The van der Waals surface area contributed by atoms with E-state index in [4.69, 9.17) is 0 Å². The van der Waals surface area contributed by atoms with Gasteiger partial charge in [-0.2, -0.15) is 10.1 Å². The molecule has 1 aromatic heterocycles. The van der Waals surface area contributed by atoms with Crippen LogP contribution >= 0.6 is 0 Å². The molecule has 0 saturated carbocycles. The molecule has 0 spiro atoms. The highest BCUT2D eigenvalue weighted by molar-refractivity contribution is 5.65. The van der Waals surface area contributed by atoms with Crippen LogP contribution in [0, 0.1) is 0 Å². The molecule has 0 bridgehead atoms. The van der Waals surface area contributed by atoms with E-state index in [9.17, 15) is 0 Å². The highest BCUT2D eigenvalue weighted by atomic mass is 15.3. The Labute approximate surface area is 112 Å². The van der Waals surface area contributed by atoms with Gasteiger partial charge in [-0.25, -0.2) is 0 Å². The van der Waals surface area contributed by atoms with Crippen molar-refractivity contribution in [3.63, 3.8) is 0 Å². The van der Waals surface area contributed by atoms with E-state index in [0.717, 1.165) is 18.8 Å². The first-order valence-corrected chi connectivity index (χ1v) is 6.56. The van der Waals surface area contributed by atoms with Crippen molar-refractivity contribution in [2.75, 3.05) is 16.8 Å². The topological polar surface area (TPSA) is 53.9 Å². The smallest absolute Gasteiger partial charge is 0.251 e. The van der Waals surface area contributed by atoms with Crippen molar-refractivity contribution in [2.24, 2.45) is 0 Å². The summed E-state index contributed by atoms with van der Waals surface area (Å²) in [6.45, 7) is 5.06. The van der Waals surface area contributed by atoms with Crippen LogP contribution < -0.4 is 10.2 Å². The average Bonchev–Trinajstić information content (AvgIpc) is 2.82. The van der Waals surface area contributed by atoms with E-state index in [0.29, 0.717) is 12.0 Å². The fraction of sp³-hybridized carbons (Fsp3) is 0.357. The maximum absolute atomic E-state index is 4.53. The van der Waals surface area contributed by atoms with Crippen LogP contribution in [0.3, 0.4) is 0 Å². The number of nitrogens with zero attached hydrogens (tertiary/aromatic N) is 4. The minimum absolute atomic E-state index is 0.329. The van der Waals surface area contributed by atoms with Crippen LogP contribution in [0.5, 0.6) is 0 Å². The Hall–Kier alpha value is -2.17. The maximum Gasteiger partial charge on any atom is 0.251 e. The van der Waals surface area contributed by atoms with Crippen molar-refractivity contribution < 1.29 is 0 Å². The molecule has 5 heteroatoms. The molecule has 1 aromatic carbocycles. The molecule has 1 aliphatic heterocycles. The second-order valence-electron chi connectivity index (χ2n) is 4.97. The van der Waals surface area contributed by atoms with Crippen molar-refractivity contribution in [1.29, 1.82) is 0 Å². The molecule has 5 nitrogen and oxygen atoms in total. The van der Waals surface area contributed by atoms with Gasteiger partial charge in [0.15, 0.2) is 5.82 Å². The lowest BCUT2D eigenvalue weighted by Crippen LogP contribution is -2.19. The van der Waals surface area contributed by atoms with E-state index in [-0.39, 0.29) is 0 Å². The molecule has 19 heavy (non-hydrogen) atoms. The van der Waals surface area contributed by atoms with Crippen molar-refractivity contribution in [2.45, 2.75) is 26.3 Å². The lowest BCUT2D eigenvalue weighted by molar-refractivity contribution is 0.850. The van der Waals surface area contributed by atoms with E-state index in [1.165, 1.54) is 11.3 Å². The molecule has 0 amide bonds. The summed E-state index contributed by atoms with van der Waals surface area (Å²) in [5, 5.41) is 11.4. The summed E-state index contributed by atoms with van der Waals surface area (Å²) in [5.74, 6) is 1.43. The standard InChI is InChI=1S/C14H17N5/c1-10(2)16-13-9-15-18-14(17-13)19-8-7-11-5-3-4-6-12(11)19/h3-6,9-10H,7-8H2,1-2H3,(H,16,17,18). The number of hydrogen-bond donors (Lipinski definition) is 1. The number of fused-ring (bicyclic) bond motifs is 1. The first-order valence-electron chi connectivity index (χ1n) is 6.56. The van der Waals surface area contributed by atoms with Gasteiger partial charge < -0.3 is 10.2 Å². The summed E-state index contributed by atoms with van der Waals surface area (Å²) in [4.78, 5) is 6.65. The first kappa shape index (κ1) is 11.9. The molecule has 2 heterocycles. The van der Waals surface area contributed by atoms with Gasteiger partial charge in [0.25, 0.3) is 5.95 Å². The summed E-state index contributed by atoms with van der Waals surface area (Å²) < 4.78 is 0. The number of benzene rings is 1. The molecule has 0 aliphatic carbocycles. The SMILES string of the molecule is CC(C)Nc1cnnc(N2CCc3ccccc32)n1. The van der Waals surface area contributed by atoms with E-state index < -0.39 is 0 Å². The van der Waals surface area contributed by atoms with Crippen LogP contribution in [0.25, 0.3) is 0 Å². The molecule has 0 atom stereocenters. The quantitative estimate of drug-likeness (QED) is 0.912. The molecule has 2 aromatic rings. The van der Waals surface area contributed by atoms with Crippen molar-refractivity contribution in [1.82, 2.24) is 15.2 Å². The van der Waals surface area contributed by atoms with Gasteiger partial charge >= 0.3 is 0 Å². The van der Waals surface area contributed by atoms with Gasteiger partial charge in [0.1, 0.15) is 0 Å². The van der Waals surface area contributed by atoms with Crippen LogP contribution in [-0.2, 0) is 6.42 Å². The van der Waals surface area contributed by atoms with E-state index >= 15 is 0 Å². The van der Waals surface area contributed by atoms with E-state index in [2.05, 4.69) is 57.4 Å². The largest absolute Gasteiger partial charge is 0.366 e. The van der Waals surface area contributed by atoms with Crippen LogP contribution in [0.15, 0.2) is 30.5 Å². The fourth-order valence-corrected chi connectivity index (χ4v) is 2.32. The summed E-state index contributed by atoms with van der Waals surface area (Å²) in [5.41, 5.74) is 2.53. The third-order valence-corrected chi connectivity index (χ3v) is 3.11. The second-order valence-corrected chi connectivity index (χ2v) is 4.97. The van der Waals surface area contributed by atoms with Gasteiger partial charge in [0.05, 0.1) is 6.20 Å². The van der Waals surface area contributed by atoms with Gasteiger partial charge in [0.2, 0.25) is 0 Å². The Morgan fingerprint density at radius 1 is 1.26 bits per heavy atom. The molecule has 0 unspecified atom stereocenters.